The number of carbonyl (C=O) groups excluding carboxylic acids is 3. The van der Waals surface area contributed by atoms with Crippen LogP contribution in [0.5, 0.6) is 0 Å². The van der Waals surface area contributed by atoms with Crippen LogP contribution in [-0.4, -0.2) is 22.8 Å². The Morgan fingerprint density at radius 1 is 1.50 bits per heavy atom. The van der Waals surface area contributed by atoms with Gasteiger partial charge in [0, 0.05) is 11.8 Å². The highest BCUT2D eigenvalue weighted by Gasteiger charge is 2.08. The summed E-state index contributed by atoms with van der Waals surface area (Å²) in [6.07, 6.45) is 1.80. The second-order valence-electron chi connectivity index (χ2n) is 2.89. The molecule has 0 aromatic carbocycles. The van der Waals surface area contributed by atoms with Crippen LogP contribution in [0.25, 0.3) is 0 Å². The molecule has 72 valence electrons. The van der Waals surface area contributed by atoms with Crippen LogP contribution in [0.2, 0.25) is 0 Å². The number of ketones is 2. The number of carbonyl (C=O) groups is 3. The molecule has 0 bridgehead atoms. The summed E-state index contributed by atoms with van der Waals surface area (Å²) < 4.78 is 0. The summed E-state index contributed by atoms with van der Waals surface area (Å²) in [4.78, 5) is 36.1. The molecule has 0 aliphatic heterocycles. The van der Waals surface area contributed by atoms with Crippen molar-refractivity contribution in [3.63, 3.8) is 0 Å². The number of hydrogen-bond donors (Lipinski definition) is 0. The van der Waals surface area contributed by atoms with Gasteiger partial charge < -0.3 is 0 Å². The summed E-state index contributed by atoms with van der Waals surface area (Å²) in [5.74, 6) is -0.484. The van der Waals surface area contributed by atoms with E-state index in [2.05, 4.69) is 4.98 Å². The number of nitrogens with zero attached hydrogens (tertiary/aromatic N) is 1. The van der Waals surface area contributed by atoms with E-state index in [1.165, 1.54) is 25.3 Å². The molecule has 14 heavy (non-hydrogen) atoms. The molecule has 0 aliphatic carbocycles. The number of hydrogen-bond acceptors (Lipinski definition) is 4. The molecular formula is C10H9NO3. The predicted octanol–water partition coefficient (Wildman–Crippen LogP) is 1.06. The molecule has 4 nitrogen and oxygen atoms in total. The third kappa shape index (κ3) is 2.58. The van der Waals surface area contributed by atoms with E-state index in [9.17, 15) is 14.4 Å². The second kappa shape index (κ2) is 4.41. The normalized spacial score (nSPS) is 9.50. The maximum absolute atomic E-state index is 11.4. The van der Waals surface area contributed by atoms with E-state index in [0.717, 1.165) is 0 Å². The first-order valence-electron chi connectivity index (χ1n) is 4.07. The zero-order valence-corrected chi connectivity index (χ0v) is 7.69. The Labute approximate surface area is 81.0 Å². The first kappa shape index (κ1) is 10.2. The Kier molecular flexibility index (Phi) is 3.23. The van der Waals surface area contributed by atoms with Gasteiger partial charge in [-0.2, -0.15) is 0 Å². The van der Waals surface area contributed by atoms with E-state index in [4.69, 9.17) is 0 Å². The minimum absolute atomic E-state index is 0.137. The first-order valence-corrected chi connectivity index (χ1v) is 4.07. The van der Waals surface area contributed by atoms with Crippen molar-refractivity contribution in [2.24, 2.45) is 0 Å². The Hall–Kier alpha value is -1.84. The van der Waals surface area contributed by atoms with E-state index >= 15 is 0 Å². The molecule has 0 aliphatic rings. The van der Waals surface area contributed by atoms with Crippen molar-refractivity contribution in [2.45, 2.75) is 13.3 Å². The third-order valence-electron chi connectivity index (χ3n) is 1.63. The lowest BCUT2D eigenvalue weighted by Gasteiger charge is -1.98. The SMILES string of the molecule is CC(=O)CC(=O)c1ccnc(C=O)c1. The van der Waals surface area contributed by atoms with Gasteiger partial charge in [0.15, 0.2) is 12.1 Å². The minimum atomic E-state index is -0.289. The molecule has 0 fully saturated rings. The quantitative estimate of drug-likeness (QED) is 0.405. The predicted molar refractivity (Wildman–Crippen MR) is 49.3 cm³/mol. The molecule has 4 heteroatoms. The van der Waals surface area contributed by atoms with Crippen LogP contribution in [0, 0.1) is 0 Å². The molecule has 0 N–H and O–H groups in total. The van der Waals surface area contributed by atoms with E-state index in [1.807, 2.05) is 0 Å². The van der Waals surface area contributed by atoms with Crippen molar-refractivity contribution >= 4 is 17.9 Å². The average molecular weight is 191 g/mol. The molecular weight excluding hydrogens is 182 g/mol. The van der Waals surface area contributed by atoms with Gasteiger partial charge in [0.25, 0.3) is 0 Å². The van der Waals surface area contributed by atoms with Crippen LogP contribution >= 0.6 is 0 Å². The van der Waals surface area contributed by atoms with E-state index in [-0.39, 0.29) is 23.7 Å². The lowest BCUT2D eigenvalue weighted by Crippen LogP contribution is -2.05. The molecule has 0 saturated heterocycles. The Bertz CT molecular complexity index is 385. The van der Waals surface area contributed by atoms with Crippen LogP contribution in [-0.2, 0) is 4.79 Å². The van der Waals surface area contributed by atoms with Crippen molar-refractivity contribution in [3.8, 4) is 0 Å². The maximum Gasteiger partial charge on any atom is 0.170 e. The van der Waals surface area contributed by atoms with E-state index < -0.39 is 0 Å². The standard InChI is InChI=1S/C10H9NO3/c1-7(13)4-10(14)8-2-3-11-9(5-8)6-12/h2-3,5-6H,4H2,1H3. The van der Waals surface area contributed by atoms with Crippen LogP contribution in [0.4, 0.5) is 0 Å². The summed E-state index contributed by atoms with van der Waals surface area (Å²) in [7, 11) is 0. The highest BCUT2D eigenvalue weighted by Crippen LogP contribution is 2.04. The fourth-order valence-corrected chi connectivity index (χ4v) is 1.01. The van der Waals surface area contributed by atoms with Crippen molar-refractivity contribution in [1.29, 1.82) is 0 Å². The Balaban J connectivity index is 2.89. The Morgan fingerprint density at radius 3 is 2.79 bits per heavy atom. The summed E-state index contributed by atoms with van der Waals surface area (Å²) in [6.45, 7) is 1.35. The van der Waals surface area contributed by atoms with Crippen LogP contribution in [0.15, 0.2) is 18.3 Å². The van der Waals surface area contributed by atoms with Gasteiger partial charge in [0.1, 0.15) is 11.5 Å². The van der Waals surface area contributed by atoms with Crippen LogP contribution in [0.1, 0.15) is 34.2 Å². The first-order chi connectivity index (χ1) is 6.63. The van der Waals surface area contributed by atoms with Gasteiger partial charge in [-0.15, -0.1) is 0 Å². The van der Waals surface area contributed by atoms with Crippen molar-refractivity contribution in [1.82, 2.24) is 4.98 Å². The van der Waals surface area contributed by atoms with Gasteiger partial charge in [-0.3, -0.25) is 19.4 Å². The largest absolute Gasteiger partial charge is 0.300 e. The summed E-state index contributed by atoms with van der Waals surface area (Å²) in [6, 6.07) is 2.86. The molecule has 1 aromatic rings. The second-order valence-corrected chi connectivity index (χ2v) is 2.89. The van der Waals surface area contributed by atoms with Crippen molar-refractivity contribution < 1.29 is 14.4 Å². The third-order valence-corrected chi connectivity index (χ3v) is 1.63. The monoisotopic (exact) mass is 191 g/mol. The number of aromatic nitrogens is 1. The van der Waals surface area contributed by atoms with Gasteiger partial charge in [0.2, 0.25) is 0 Å². The molecule has 0 atom stereocenters. The van der Waals surface area contributed by atoms with Gasteiger partial charge in [0.05, 0.1) is 6.42 Å². The molecule has 1 rings (SSSR count). The minimum Gasteiger partial charge on any atom is -0.300 e. The molecule has 0 radical (unpaired) electrons. The lowest BCUT2D eigenvalue weighted by atomic mass is 10.1. The molecule has 0 spiro atoms. The van der Waals surface area contributed by atoms with Gasteiger partial charge in [-0.25, -0.2) is 0 Å². The van der Waals surface area contributed by atoms with Gasteiger partial charge in [-0.1, -0.05) is 0 Å². The summed E-state index contributed by atoms with van der Waals surface area (Å²) in [5, 5.41) is 0. The topological polar surface area (TPSA) is 64.1 Å². The Morgan fingerprint density at radius 2 is 2.21 bits per heavy atom. The molecule has 0 saturated carbocycles. The van der Waals surface area contributed by atoms with E-state index in [1.54, 1.807) is 0 Å². The van der Waals surface area contributed by atoms with Gasteiger partial charge in [-0.05, 0) is 19.1 Å². The van der Waals surface area contributed by atoms with Gasteiger partial charge >= 0.3 is 0 Å². The van der Waals surface area contributed by atoms with Crippen molar-refractivity contribution in [3.05, 3.63) is 29.6 Å². The van der Waals surface area contributed by atoms with E-state index in [0.29, 0.717) is 11.8 Å². The van der Waals surface area contributed by atoms with Crippen LogP contribution in [0.3, 0.4) is 0 Å². The lowest BCUT2D eigenvalue weighted by molar-refractivity contribution is -0.116. The van der Waals surface area contributed by atoms with Crippen LogP contribution < -0.4 is 0 Å². The fraction of sp³-hybridized carbons (Fsp3) is 0.200. The van der Waals surface area contributed by atoms with Crippen molar-refractivity contribution in [2.75, 3.05) is 0 Å². The molecule has 0 amide bonds. The summed E-state index contributed by atoms with van der Waals surface area (Å²) >= 11 is 0. The zero-order chi connectivity index (χ0) is 10.6. The summed E-state index contributed by atoms with van der Waals surface area (Å²) in [5.41, 5.74) is 0.539. The maximum atomic E-state index is 11.4. The highest BCUT2D eigenvalue weighted by atomic mass is 16.1. The molecule has 1 heterocycles. The highest BCUT2D eigenvalue weighted by molar-refractivity contribution is 6.07. The fourth-order valence-electron chi connectivity index (χ4n) is 1.01. The number of Topliss-reactive ketones (excluding diaryl/α,β-unsaturated/α-hetero) is 2. The number of aldehydes is 1. The molecule has 1 aromatic heterocycles. The zero-order valence-electron chi connectivity index (χ0n) is 7.69. The number of pyridine rings is 1. The molecule has 0 unspecified atom stereocenters. The number of rotatable bonds is 4. The smallest absolute Gasteiger partial charge is 0.170 e. The average Bonchev–Trinajstić information content (AvgIpc) is 2.17.